The van der Waals surface area contributed by atoms with Gasteiger partial charge >= 0.3 is 0 Å². The third-order valence-electron chi connectivity index (χ3n) is 5.94. The highest BCUT2D eigenvalue weighted by molar-refractivity contribution is 5.53. The summed E-state index contributed by atoms with van der Waals surface area (Å²) in [5, 5.41) is 9.02. The highest BCUT2D eigenvalue weighted by atomic mass is 16.7. The molecule has 28 heavy (non-hydrogen) atoms. The van der Waals surface area contributed by atoms with Crippen LogP contribution in [0.5, 0.6) is 23.0 Å². The molecule has 0 amide bonds. The van der Waals surface area contributed by atoms with E-state index in [2.05, 4.69) is 29.2 Å². The standard InChI is InChI=1S/C22H25NO5/c1-25-19-10-16-12-23-4-3-14-8-21-22(28-13-27-21)11-17(14)18(23)7-15(16)9-20(19)26-6-2-5-24/h8-11,18,24H,2-7,12-13H2,1H3/t18-/m0/s1. The van der Waals surface area contributed by atoms with Gasteiger partial charge in [-0.05, 0) is 59.4 Å². The monoisotopic (exact) mass is 383 g/mol. The van der Waals surface area contributed by atoms with Crippen LogP contribution in [0.25, 0.3) is 0 Å². The Morgan fingerprint density at radius 1 is 1.07 bits per heavy atom. The maximum Gasteiger partial charge on any atom is 0.231 e. The summed E-state index contributed by atoms with van der Waals surface area (Å²) < 4.78 is 22.6. The van der Waals surface area contributed by atoms with Gasteiger partial charge in [-0.2, -0.15) is 0 Å². The van der Waals surface area contributed by atoms with Gasteiger partial charge in [0, 0.05) is 32.2 Å². The lowest BCUT2D eigenvalue weighted by molar-refractivity contribution is 0.159. The van der Waals surface area contributed by atoms with Gasteiger partial charge in [-0.3, -0.25) is 4.90 Å². The summed E-state index contributed by atoms with van der Waals surface area (Å²) in [7, 11) is 1.67. The number of nitrogens with zero attached hydrogens (tertiary/aromatic N) is 1. The van der Waals surface area contributed by atoms with E-state index in [0.717, 1.165) is 48.9 Å². The molecule has 0 saturated heterocycles. The number of rotatable bonds is 5. The van der Waals surface area contributed by atoms with Gasteiger partial charge in [0.1, 0.15) is 0 Å². The van der Waals surface area contributed by atoms with E-state index in [1.54, 1.807) is 7.11 Å². The van der Waals surface area contributed by atoms with E-state index in [1.807, 2.05) is 0 Å². The van der Waals surface area contributed by atoms with E-state index in [9.17, 15) is 0 Å². The number of fused-ring (bicyclic) bond motifs is 5. The van der Waals surface area contributed by atoms with Gasteiger partial charge in [-0.25, -0.2) is 0 Å². The second-order valence-corrected chi connectivity index (χ2v) is 7.54. The highest BCUT2D eigenvalue weighted by Crippen LogP contribution is 2.45. The number of aliphatic hydroxyl groups excluding tert-OH is 1. The van der Waals surface area contributed by atoms with Crippen LogP contribution >= 0.6 is 0 Å². The first kappa shape index (κ1) is 17.6. The SMILES string of the molecule is COc1cc2c(cc1OCCCO)C[C@H]1c3cc4c(cc3CCN1C2)OCO4. The van der Waals surface area contributed by atoms with Gasteiger partial charge in [-0.15, -0.1) is 0 Å². The minimum absolute atomic E-state index is 0.122. The van der Waals surface area contributed by atoms with Crippen LogP contribution in [-0.2, 0) is 19.4 Å². The van der Waals surface area contributed by atoms with Gasteiger partial charge in [0.2, 0.25) is 6.79 Å². The number of hydrogen-bond acceptors (Lipinski definition) is 6. The average molecular weight is 383 g/mol. The molecule has 0 radical (unpaired) electrons. The van der Waals surface area contributed by atoms with Gasteiger partial charge in [0.25, 0.3) is 0 Å². The molecule has 1 atom stereocenters. The molecule has 0 fully saturated rings. The molecule has 0 unspecified atom stereocenters. The molecule has 2 aromatic rings. The van der Waals surface area contributed by atoms with Crippen LogP contribution in [0.1, 0.15) is 34.7 Å². The predicted octanol–water partition coefficient (Wildman–Crippen LogP) is 2.84. The van der Waals surface area contributed by atoms with E-state index in [4.69, 9.17) is 24.1 Å². The van der Waals surface area contributed by atoms with Crippen LogP contribution in [0.2, 0.25) is 0 Å². The summed E-state index contributed by atoms with van der Waals surface area (Å²) in [5.41, 5.74) is 5.31. The topological polar surface area (TPSA) is 60.4 Å². The van der Waals surface area contributed by atoms with Gasteiger partial charge in [0.15, 0.2) is 23.0 Å². The molecular weight excluding hydrogens is 358 g/mol. The summed E-state index contributed by atoms with van der Waals surface area (Å²) in [4.78, 5) is 2.54. The molecule has 0 aromatic heterocycles. The maximum atomic E-state index is 9.02. The van der Waals surface area contributed by atoms with Crippen LogP contribution in [-0.4, -0.2) is 43.7 Å². The molecule has 5 rings (SSSR count). The van der Waals surface area contributed by atoms with Crippen molar-refractivity contribution >= 4 is 0 Å². The first-order chi connectivity index (χ1) is 13.8. The first-order valence-corrected chi connectivity index (χ1v) is 9.86. The Morgan fingerprint density at radius 2 is 1.89 bits per heavy atom. The lowest BCUT2D eigenvalue weighted by atomic mass is 9.83. The molecule has 0 saturated carbocycles. The quantitative estimate of drug-likeness (QED) is 0.802. The molecule has 3 heterocycles. The van der Waals surface area contributed by atoms with Crippen molar-refractivity contribution in [2.24, 2.45) is 0 Å². The zero-order chi connectivity index (χ0) is 19.1. The van der Waals surface area contributed by atoms with Gasteiger partial charge < -0.3 is 24.1 Å². The molecule has 0 aliphatic carbocycles. The van der Waals surface area contributed by atoms with Crippen molar-refractivity contribution in [2.75, 3.05) is 33.7 Å². The molecule has 2 aromatic carbocycles. The fourth-order valence-corrected chi connectivity index (χ4v) is 4.50. The number of benzene rings is 2. The van der Waals surface area contributed by atoms with E-state index in [1.165, 1.54) is 22.3 Å². The molecule has 0 bridgehead atoms. The summed E-state index contributed by atoms with van der Waals surface area (Å²) in [6.45, 7) is 2.85. The lowest BCUT2D eigenvalue weighted by Crippen LogP contribution is -2.39. The Balaban J connectivity index is 1.47. The summed E-state index contributed by atoms with van der Waals surface area (Å²) in [5.74, 6) is 3.24. The van der Waals surface area contributed by atoms with Gasteiger partial charge in [-0.1, -0.05) is 0 Å². The molecule has 6 nitrogen and oxygen atoms in total. The smallest absolute Gasteiger partial charge is 0.231 e. The normalized spacial score (nSPS) is 19.6. The Labute approximate surface area is 164 Å². The highest BCUT2D eigenvalue weighted by Gasteiger charge is 2.34. The minimum Gasteiger partial charge on any atom is -0.493 e. The van der Waals surface area contributed by atoms with Crippen LogP contribution < -0.4 is 18.9 Å². The minimum atomic E-state index is 0.122. The fraction of sp³-hybridized carbons (Fsp3) is 0.455. The summed E-state index contributed by atoms with van der Waals surface area (Å²) >= 11 is 0. The number of methoxy groups -OCH3 is 1. The number of aliphatic hydroxyl groups is 1. The molecule has 3 aliphatic rings. The molecule has 0 spiro atoms. The van der Waals surface area contributed by atoms with Crippen molar-refractivity contribution in [1.29, 1.82) is 0 Å². The first-order valence-electron chi connectivity index (χ1n) is 9.86. The largest absolute Gasteiger partial charge is 0.493 e. The summed E-state index contributed by atoms with van der Waals surface area (Å²) in [6, 6.07) is 8.88. The van der Waals surface area contributed by atoms with Crippen molar-refractivity contribution in [3.8, 4) is 23.0 Å². The molecule has 6 heteroatoms. The second kappa shape index (κ2) is 7.18. The predicted molar refractivity (Wildman–Crippen MR) is 103 cm³/mol. The van der Waals surface area contributed by atoms with Crippen LogP contribution in [0, 0.1) is 0 Å². The summed E-state index contributed by atoms with van der Waals surface area (Å²) in [6.07, 6.45) is 2.57. The van der Waals surface area contributed by atoms with Crippen LogP contribution in [0.15, 0.2) is 24.3 Å². The lowest BCUT2D eigenvalue weighted by Gasteiger charge is -2.41. The Morgan fingerprint density at radius 3 is 2.71 bits per heavy atom. The fourth-order valence-electron chi connectivity index (χ4n) is 4.50. The second-order valence-electron chi connectivity index (χ2n) is 7.54. The van der Waals surface area contributed by atoms with E-state index < -0.39 is 0 Å². The zero-order valence-electron chi connectivity index (χ0n) is 16.1. The molecular formula is C22H25NO5. The van der Waals surface area contributed by atoms with Crippen molar-refractivity contribution in [2.45, 2.75) is 31.8 Å². The van der Waals surface area contributed by atoms with Crippen molar-refractivity contribution in [1.82, 2.24) is 4.90 Å². The number of hydrogen-bond donors (Lipinski definition) is 1. The number of ether oxygens (including phenoxy) is 4. The maximum absolute atomic E-state index is 9.02. The molecule has 1 N–H and O–H groups in total. The Hall–Kier alpha value is -2.44. The van der Waals surface area contributed by atoms with E-state index in [0.29, 0.717) is 25.9 Å². The third-order valence-corrected chi connectivity index (χ3v) is 5.94. The zero-order valence-corrected chi connectivity index (χ0v) is 16.1. The Kier molecular flexibility index (Phi) is 4.53. The van der Waals surface area contributed by atoms with E-state index >= 15 is 0 Å². The average Bonchev–Trinajstić information content (AvgIpc) is 3.18. The third kappa shape index (κ3) is 2.97. The van der Waals surface area contributed by atoms with Crippen molar-refractivity contribution in [3.05, 3.63) is 46.5 Å². The van der Waals surface area contributed by atoms with Crippen molar-refractivity contribution < 1.29 is 24.1 Å². The van der Waals surface area contributed by atoms with E-state index in [-0.39, 0.29) is 6.61 Å². The van der Waals surface area contributed by atoms with Crippen molar-refractivity contribution in [3.63, 3.8) is 0 Å². The Bertz CT molecular complexity index is 897. The van der Waals surface area contributed by atoms with Crippen LogP contribution in [0.4, 0.5) is 0 Å². The molecule has 148 valence electrons. The van der Waals surface area contributed by atoms with Crippen LogP contribution in [0.3, 0.4) is 0 Å². The molecule has 3 aliphatic heterocycles. The van der Waals surface area contributed by atoms with Gasteiger partial charge in [0.05, 0.1) is 13.7 Å².